The van der Waals surface area contributed by atoms with Crippen molar-refractivity contribution in [2.75, 3.05) is 18.0 Å². The van der Waals surface area contributed by atoms with Crippen LogP contribution in [0.3, 0.4) is 0 Å². The van der Waals surface area contributed by atoms with Gasteiger partial charge in [0, 0.05) is 30.8 Å². The van der Waals surface area contributed by atoms with Gasteiger partial charge in [-0.3, -0.25) is 4.90 Å². The molecule has 154 valence electrons. The highest BCUT2D eigenvalue weighted by molar-refractivity contribution is 7.89. The summed E-state index contributed by atoms with van der Waals surface area (Å²) in [7, 11) is -3.67. The van der Waals surface area contributed by atoms with E-state index in [1.54, 1.807) is 17.0 Å². The number of anilines is 1. The summed E-state index contributed by atoms with van der Waals surface area (Å²) in [6, 6.07) is 11.9. The standard InChI is InChI=1S/C20H21ClN2O5S/c1-14-5-6-19-15(11-14)13-27-20(24)23(19)16-7-9-22(10-8-16)29(25,26)18-4-2-3-17(12-18)28-21/h2-6,11-12,16H,7-10,13H2,1H3. The number of sulfonamides is 1. The third kappa shape index (κ3) is 3.80. The van der Waals surface area contributed by atoms with Crippen LogP contribution in [0.1, 0.15) is 24.0 Å². The molecule has 2 aromatic carbocycles. The second kappa shape index (κ2) is 7.85. The summed E-state index contributed by atoms with van der Waals surface area (Å²) in [5.74, 6) is 0.269. The van der Waals surface area contributed by atoms with E-state index in [9.17, 15) is 13.2 Å². The molecule has 0 saturated carbocycles. The van der Waals surface area contributed by atoms with Crippen LogP contribution < -0.4 is 9.19 Å². The van der Waals surface area contributed by atoms with Crippen LogP contribution in [-0.2, 0) is 21.4 Å². The fraction of sp³-hybridized carbons (Fsp3) is 0.350. The number of cyclic esters (lactones) is 1. The zero-order chi connectivity index (χ0) is 20.6. The van der Waals surface area contributed by atoms with Crippen LogP contribution in [0.25, 0.3) is 0 Å². The molecular weight excluding hydrogens is 416 g/mol. The lowest BCUT2D eigenvalue weighted by Gasteiger charge is -2.39. The first-order valence-corrected chi connectivity index (χ1v) is 11.1. The summed E-state index contributed by atoms with van der Waals surface area (Å²) in [5.41, 5.74) is 2.92. The predicted octanol–water partition coefficient (Wildman–Crippen LogP) is 3.84. The molecule has 29 heavy (non-hydrogen) atoms. The monoisotopic (exact) mass is 436 g/mol. The molecule has 1 saturated heterocycles. The third-order valence-corrected chi connectivity index (χ3v) is 7.44. The van der Waals surface area contributed by atoms with Gasteiger partial charge in [0.2, 0.25) is 10.0 Å². The molecule has 0 bridgehead atoms. The number of fused-ring (bicyclic) bond motifs is 1. The van der Waals surface area contributed by atoms with E-state index in [0.717, 1.165) is 16.8 Å². The van der Waals surface area contributed by atoms with E-state index in [2.05, 4.69) is 4.29 Å². The highest BCUT2D eigenvalue weighted by Gasteiger charge is 2.37. The Bertz CT molecular complexity index is 1030. The molecule has 0 radical (unpaired) electrons. The van der Waals surface area contributed by atoms with Crippen molar-refractivity contribution in [1.82, 2.24) is 4.31 Å². The Hall–Kier alpha value is -2.29. The fourth-order valence-electron chi connectivity index (χ4n) is 3.89. The summed E-state index contributed by atoms with van der Waals surface area (Å²) in [6.45, 7) is 2.88. The molecule has 0 N–H and O–H groups in total. The molecule has 0 unspecified atom stereocenters. The zero-order valence-electron chi connectivity index (χ0n) is 15.9. The molecule has 2 heterocycles. The van der Waals surface area contributed by atoms with Crippen molar-refractivity contribution in [3.63, 3.8) is 0 Å². The number of carbonyl (C=O) groups is 1. The number of hydrogen-bond donors (Lipinski definition) is 0. The minimum atomic E-state index is -3.67. The van der Waals surface area contributed by atoms with Crippen LogP contribution in [0.4, 0.5) is 10.5 Å². The van der Waals surface area contributed by atoms with Gasteiger partial charge in [-0.1, -0.05) is 23.8 Å². The molecular formula is C20H21ClN2O5S. The van der Waals surface area contributed by atoms with E-state index in [1.807, 2.05) is 25.1 Å². The van der Waals surface area contributed by atoms with Gasteiger partial charge in [-0.25, -0.2) is 13.2 Å². The van der Waals surface area contributed by atoms with Crippen molar-refractivity contribution in [3.8, 4) is 5.75 Å². The fourth-order valence-corrected chi connectivity index (χ4v) is 5.49. The van der Waals surface area contributed by atoms with E-state index < -0.39 is 10.0 Å². The normalized spacial score (nSPS) is 18.3. The van der Waals surface area contributed by atoms with Gasteiger partial charge in [-0.05, 0) is 38.0 Å². The molecule has 4 rings (SSSR count). The number of rotatable bonds is 4. The van der Waals surface area contributed by atoms with Gasteiger partial charge < -0.3 is 9.03 Å². The first kappa shape index (κ1) is 20.0. The maximum atomic E-state index is 13.0. The molecule has 2 aliphatic rings. The summed E-state index contributed by atoms with van der Waals surface area (Å²) in [6.07, 6.45) is 0.662. The Morgan fingerprint density at radius 2 is 1.90 bits per heavy atom. The van der Waals surface area contributed by atoms with Crippen molar-refractivity contribution < 1.29 is 22.2 Å². The summed E-state index contributed by atoms with van der Waals surface area (Å²) >= 11 is 5.35. The number of halogens is 1. The van der Waals surface area contributed by atoms with Crippen molar-refractivity contribution in [3.05, 3.63) is 53.6 Å². The van der Waals surface area contributed by atoms with E-state index in [4.69, 9.17) is 16.6 Å². The number of amides is 1. The summed E-state index contributed by atoms with van der Waals surface area (Å²) < 4.78 is 37.3. The molecule has 0 spiro atoms. The van der Waals surface area contributed by atoms with Crippen molar-refractivity contribution in [2.45, 2.75) is 37.3 Å². The molecule has 2 aromatic rings. The second-order valence-electron chi connectivity index (χ2n) is 7.24. The number of hydrogen-bond acceptors (Lipinski definition) is 5. The molecule has 2 aliphatic heterocycles. The van der Waals surface area contributed by atoms with Crippen LogP contribution in [-0.4, -0.2) is 37.9 Å². The number of aryl methyl sites for hydroxylation is 1. The van der Waals surface area contributed by atoms with Gasteiger partial charge in [0.05, 0.1) is 10.6 Å². The molecule has 1 fully saturated rings. The quantitative estimate of drug-likeness (QED) is 0.727. The first-order valence-electron chi connectivity index (χ1n) is 9.34. The lowest BCUT2D eigenvalue weighted by atomic mass is 10.0. The Balaban J connectivity index is 1.52. The minimum absolute atomic E-state index is 0.117. The van der Waals surface area contributed by atoms with E-state index in [0.29, 0.717) is 25.9 Å². The van der Waals surface area contributed by atoms with E-state index in [-0.39, 0.29) is 29.4 Å². The van der Waals surface area contributed by atoms with Gasteiger partial charge in [-0.15, -0.1) is 0 Å². The SMILES string of the molecule is Cc1ccc2c(c1)COC(=O)N2C1CCN(S(=O)(=O)c2cccc(OCl)c2)CC1. The van der Waals surface area contributed by atoms with Crippen LogP contribution >= 0.6 is 11.9 Å². The third-order valence-electron chi connectivity index (χ3n) is 5.36. The van der Waals surface area contributed by atoms with E-state index >= 15 is 0 Å². The number of piperidine rings is 1. The van der Waals surface area contributed by atoms with Gasteiger partial charge in [-0.2, -0.15) is 4.31 Å². The largest absolute Gasteiger partial charge is 0.444 e. The lowest BCUT2D eigenvalue weighted by molar-refractivity contribution is 0.135. The zero-order valence-corrected chi connectivity index (χ0v) is 17.4. The number of ether oxygens (including phenoxy) is 1. The molecule has 0 aromatic heterocycles. The van der Waals surface area contributed by atoms with Crippen LogP contribution in [0.15, 0.2) is 47.4 Å². The summed E-state index contributed by atoms with van der Waals surface area (Å²) in [4.78, 5) is 14.3. The van der Waals surface area contributed by atoms with Gasteiger partial charge in [0.15, 0.2) is 0 Å². The Labute approximate surface area is 175 Å². The Kier molecular flexibility index (Phi) is 5.42. The lowest BCUT2D eigenvalue weighted by Crippen LogP contribution is -2.50. The first-order chi connectivity index (χ1) is 13.9. The average molecular weight is 437 g/mol. The van der Waals surface area contributed by atoms with Crippen LogP contribution in [0, 0.1) is 6.92 Å². The molecule has 1 amide bonds. The smallest absolute Gasteiger partial charge is 0.414 e. The van der Waals surface area contributed by atoms with Crippen molar-refractivity contribution in [1.29, 1.82) is 0 Å². The number of nitrogens with zero attached hydrogens (tertiary/aromatic N) is 2. The second-order valence-corrected chi connectivity index (χ2v) is 9.34. The topological polar surface area (TPSA) is 76.2 Å². The Morgan fingerprint density at radius 1 is 1.14 bits per heavy atom. The van der Waals surface area contributed by atoms with Crippen LogP contribution in [0.5, 0.6) is 5.75 Å². The number of carbonyl (C=O) groups excluding carboxylic acids is 1. The average Bonchev–Trinajstić information content (AvgIpc) is 2.74. The maximum Gasteiger partial charge on any atom is 0.414 e. The Morgan fingerprint density at radius 3 is 2.62 bits per heavy atom. The van der Waals surface area contributed by atoms with Gasteiger partial charge in [0.25, 0.3) is 0 Å². The molecule has 0 atom stereocenters. The minimum Gasteiger partial charge on any atom is -0.444 e. The highest BCUT2D eigenvalue weighted by Crippen LogP contribution is 2.33. The molecule has 9 heteroatoms. The van der Waals surface area contributed by atoms with E-state index in [1.165, 1.54) is 16.4 Å². The van der Waals surface area contributed by atoms with Crippen LogP contribution in [0.2, 0.25) is 0 Å². The molecule has 0 aliphatic carbocycles. The molecule has 7 nitrogen and oxygen atoms in total. The van der Waals surface area contributed by atoms with Gasteiger partial charge in [0.1, 0.15) is 24.2 Å². The van der Waals surface area contributed by atoms with Crippen molar-refractivity contribution in [2.24, 2.45) is 0 Å². The van der Waals surface area contributed by atoms with Gasteiger partial charge >= 0.3 is 6.09 Å². The summed E-state index contributed by atoms with van der Waals surface area (Å²) in [5, 5.41) is 0. The predicted molar refractivity (Wildman–Crippen MR) is 109 cm³/mol. The number of benzene rings is 2. The maximum absolute atomic E-state index is 13.0. The highest BCUT2D eigenvalue weighted by atomic mass is 35.5. The van der Waals surface area contributed by atoms with Crippen molar-refractivity contribution >= 4 is 33.7 Å².